The SMILES string of the molecule is CN=C(NCCNC(=O)OC(C)(C)C)N1CCN(c2ccccc2OC)CC1.I. The van der Waals surface area contributed by atoms with Gasteiger partial charge in [0.05, 0.1) is 12.8 Å². The molecule has 0 atom stereocenters. The number of aliphatic imine (C=N–C) groups is 1. The van der Waals surface area contributed by atoms with E-state index in [1.807, 2.05) is 39.0 Å². The van der Waals surface area contributed by atoms with Gasteiger partial charge in [0.2, 0.25) is 0 Å². The zero-order chi connectivity index (χ0) is 20.6. The molecular weight excluding hydrogens is 485 g/mol. The van der Waals surface area contributed by atoms with Crippen LogP contribution in [0.15, 0.2) is 29.3 Å². The number of methoxy groups -OCH3 is 1. The van der Waals surface area contributed by atoms with E-state index in [-0.39, 0.29) is 24.0 Å². The number of alkyl carbamates (subject to hydrolysis) is 1. The molecule has 0 spiro atoms. The second kappa shape index (κ2) is 11.9. The first kappa shape index (κ1) is 25.1. The van der Waals surface area contributed by atoms with E-state index in [2.05, 4.69) is 31.5 Å². The van der Waals surface area contributed by atoms with Gasteiger partial charge in [-0.3, -0.25) is 4.99 Å². The molecule has 1 heterocycles. The van der Waals surface area contributed by atoms with Gasteiger partial charge in [-0.15, -0.1) is 24.0 Å². The van der Waals surface area contributed by atoms with Crippen LogP contribution in [0.25, 0.3) is 0 Å². The molecule has 1 saturated heterocycles. The van der Waals surface area contributed by atoms with Crippen LogP contribution in [0.3, 0.4) is 0 Å². The zero-order valence-corrected chi connectivity index (χ0v) is 20.4. The van der Waals surface area contributed by atoms with Crippen LogP contribution in [0.5, 0.6) is 5.75 Å². The lowest BCUT2D eigenvalue weighted by Gasteiger charge is -2.38. The normalized spacial score (nSPS) is 14.7. The molecule has 0 unspecified atom stereocenters. The summed E-state index contributed by atoms with van der Waals surface area (Å²) >= 11 is 0. The summed E-state index contributed by atoms with van der Waals surface area (Å²) in [4.78, 5) is 20.6. The number of nitrogens with one attached hydrogen (secondary N) is 2. The van der Waals surface area contributed by atoms with Crippen molar-refractivity contribution in [2.24, 2.45) is 4.99 Å². The van der Waals surface area contributed by atoms with Crippen LogP contribution in [0.2, 0.25) is 0 Å². The first-order valence-electron chi connectivity index (χ1n) is 9.64. The quantitative estimate of drug-likeness (QED) is 0.270. The predicted molar refractivity (Wildman–Crippen MR) is 128 cm³/mol. The van der Waals surface area contributed by atoms with Crippen molar-refractivity contribution < 1.29 is 14.3 Å². The Morgan fingerprint density at radius 3 is 2.31 bits per heavy atom. The van der Waals surface area contributed by atoms with Crippen molar-refractivity contribution in [1.82, 2.24) is 15.5 Å². The summed E-state index contributed by atoms with van der Waals surface area (Å²) in [5, 5.41) is 6.04. The number of guanidine groups is 1. The molecule has 164 valence electrons. The highest BCUT2D eigenvalue weighted by Gasteiger charge is 2.21. The Balaban J connectivity index is 0.00000420. The van der Waals surface area contributed by atoms with Gasteiger partial charge in [0, 0.05) is 46.3 Å². The maximum Gasteiger partial charge on any atom is 0.407 e. The molecule has 1 amide bonds. The lowest BCUT2D eigenvalue weighted by Crippen LogP contribution is -2.53. The Bertz CT molecular complexity index is 670. The number of halogens is 1. The maximum atomic E-state index is 11.7. The van der Waals surface area contributed by atoms with Crippen molar-refractivity contribution in [1.29, 1.82) is 0 Å². The summed E-state index contributed by atoms with van der Waals surface area (Å²) in [7, 11) is 3.47. The molecule has 1 aliphatic heterocycles. The molecule has 1 aromatic carbocycles. The molecular formula is C20H34IN5O3. The van der Waals surface area contributed by atoms with E-state index in [0.29, 0.717) is 13.1 Å². The third-order valence-electron chi connectivity index (χ3n) is 4.29. The van der Waals surface area contributed by atoms with Crippen LogP contribution in [0.1, 0.15) is 20.8 Å². The molecule has 1 aromatic rings. The first-order chi connectivity index (χ1) is 13.3. The van der Waals surface area contributed by atoms with Crippen LogP contribution in [0, 0.1) is 0 Å². The Morgan fingerprint density at radius 2 is 1.72 bits per heavy atom. The average molecular weight is 519 g/mol. The number of ether oxygens (including phenoxy) is 2. The molecule has 0 saturated carbocycles. The fourth-order valence-electron chi connectivity index (χ4n) is 3.04. The van der Waals surface area contributed by atoms with Crippen LogP contribution < -0.4 is 20.3 Å². The van der Waals surface area contributed by atoms with Gasteiger partial charge in [-0.25, -0.2) is 4.79 Å². The lowest BCUT2D eigenvalue weighted by atomic mass is 10.2. The smallest absolute Gasteiger partial charge is 0.407 e. The van der Waals surface area contributed by atoms with Gasteiger partial charge in [0.25, 0.3) is 0 Å². The Hall–Kier alpha value is -1.91. The van der Waals surface area contributed by atoms with E-state index >= 15 is 0 Å². The first-order valence-corrected chi connectivity index (χ1v) is 9.64. The minimum Gasteiger partial charge on any atom is -0.495 e. The standard InChI is InChI=1S/C20H33N5O3.HI/c1-20(2,3)28-19(26)23-11-10-22-18(21-4)25-14-12-24(13-15-25)16-8-6-7-9-17(16)27-5;/h6-9H,10-15H2,1-5H3,(H,21,22)(H,23,26);1H. The number of anilines is 1. The van der Waals surface area contributed by atoms with Crippen molar-refractivity contribution in [2.45, 2.75) is 26.4 Å². The second-order valence-corrected chi connectivity index (χ2v) is 7.55. The van der Waals surface area contributed by atoms with E-state index in [1.54, 1.807) is 14.2 Å². The summed E-state index contributed by atoms with van der Waals surface area (Å²) in [5.74, 6) is 1.73. The minimum atomic E-state index is -0.491. The summed E-state index contributed by atoms with van der Waals surface area (Å²) in [6.45, 7) is 10.1. The lowest BCUT2D eigenvalue weighted by molar-refractivity contribution is 0.0529. The largest absolute Gasteiger partial charge is 0.495 e. The monoisotopic (exact) mass is 519 g/mol. The molecule has 29 heavy (non-hydrogen) atoms. The van der Waals surface area contributed by atoms with Crippen molar-refractivity contribution in [2.75, 3.05) is 58.3 Å². The van der Waals surface area contributed by atoms with Crippen molar-refractivity contribution in [3.8, 4) is 5.75 Å². The van der Waals surface area contributed by atoms with Crippen molar-refractivity contribution in [3.63, 3.8) is 0 Å². The summed E-state index contributed by atoms with van der Waals surface area (Å²) in [6.07, 6.45) is -0.408. The molecule has 1 aliphatic rings. The minimum absolute atomic E-state index is 0. The molecule has 1 fully saturated rings. The number of para-hydroxylation sites is 2. The summed E-state index contributed by atoms with van der Waals surface area (Å²) < 4.78 is 10.7. The van der Waals surface area contributed by atoms with Gasteiger partial charge < -0.3 is 29.9 Å². The molecule has 2 rings (SSSR count). The molecule has 2 N–H and O–H groups in total. The number of amides is 1. The fraction of sp³-hybridized carbons (Fsp3) is 0.600. The third-order valence-corrected chi connectivity index (χ3v) is 4.29. The number of hydrogen-bond donors (Lipinski definition) is 2. The van der Waals surface area contributed by atoms with E-state index in [0.717, 1.165) is 43.6 Å². The fourth-order valence-corrected chi connectivity index (χ4v) is 3.04. The van der Waals surface area contributed by atoms with Gasteiger partial charge >= 0.3 is 6.09 Å². The Labute approximate surface area is 191 Å². The zero-order valence-electron chi connectivity index (χ0n) is 18.0. The van der Waals surface area contributed by atoms with Crippen LogP contribution in [-0.4, -0.2) is 76.0 Å². The summed E-state index contributed by atoms with van der Waals surface area (Å²) in [5.41, 5.74) is 0.628. The van der Waals surface area contributed by atoms with E-state index in [4.69, 9.17) is 9.47 Å². The van der Waals surface area contributed by atoms with Gasteiger partial charge in [-0.1, -0.05) is 12.1 Å². The van der Waals surface area contributed by atoms with Gasteiger partial charge in [0.15, 0.2) is 5.96 Å². The molecule has 0 aromatic heterocycles. The number of carbonyl (C=O) groups excluding carboxylic acids is 1. The van der Waals surface area contributed by atoms with Crippen molar-refractivity contribution >= 4 is 41.7 Å². The second-order valence-electron chi connectivity index (χ2n) is 7.55. The van der Waals surface area contributed by atoms with Crippen LogP contribution in [-0.2, 0) is 4.74 Å². The van der Waals surface area contributed by atoms with E-state index < -0.39 is 11.7 Å². The molecule has 8 nitrogen and oxygen atoms in total. The highest BCUT2D eigenvalue weighted by molar-refractivity contribution is 14.0. The number of benzene rings is 1. The Kier molecular flexibility index (Phi) is 10.3. The van der Waals surface area contributed by atoms with Gasteiger partial charge in [0.1, 0.15) is 11.4 Å². The van der Waals surface area contributed by atoms with Crippen LogP contribution in [0.4, 0.5) is 10.5 Å². The van der Waals surface area contributed by atoms with E-state index in [9.17, 15) is 4.79 Å². The molecule has 0 aliphatic carbocycles. The summed E-state index contributed by atoms with van der Waals surface area (Å²) in [6, 6.07) is 8.09. The van der Waals surface area contributed by atoms with Gasteiger partial charge in [-0.05, 0) is 32.9 Å². The predicted octanol–water partition coefficient (Wildman–Crippen LogP) is 2.54. The number of carbonyl (C=O) groups is 1. The van der Waals surface area contributed by atoms with Gasteiger partial charge in [-0.2, -0.15) is 0 Å². The maximum absolute atomic E-state index is 11.7. The highest BCUT2D eigenvalue weighted by atomic mass is 127. The molecule has 9 heteroatoms. The Morgan fingerprint density at radius 1 is 1.10 bits per heavy atom. The molecule has 0 radical (unpaired) electrons. The number of rotatable bonds is 5. The number of hydrogen-bond acceptors (Lipinski definition) is 5. The number of piperazine rings is 1. The van der Waals surface area contributed by atoms with E-state index in [1.165, 1.54) is 0 Å². The third kappa shape index (κ3) is 8.15. The average Bonchev–Trinajstić information content (AvgIpc) is 2.67. The number of nitrogens with zero attached hydrogens (tertiary/aromatic N) is 3. The highest BCUT2D eigenvalue weighted by Crippen LogP contribution is 2.28. The topological polar surface area (TPSA) is 78.4 Å². The van der Waals surface area contributed by atoms with Crippen LogP contribution >= 0.6 is 24.0 Å². The molecule has 0 bridgehead atoms. The van der Waals surface area contributed by atoms with Crippen molar-refractivity contribution in [3.05, 3.63) is 24.3 Å².